The lowest BCUT2D eigenvalue weighted by Gasteiger charge is -2.33. The highest BCUT2D eigenvalue weighted by molar-refractivity contribution is 5.84. The molecule has 20 heavy (non-hydrogen) atoms. The summed E-state index contributed by atoms with van der Waals surface area (Å²) in [6.45, 7) is 2.27. The predicted octanol–water partition coefficient (Wildman–Crippen LogP) is 1.76. The monoisotopic (exact) mass is 283 g/mol. The number of hydrogen-bond donors (Lipinski definition) is 1. The van der Waals surface area contributed by atoms with Crippen LogP contribution in [0.3, 0.4) is 0 Å². The zero-order valence-electron chi connectivity index (χ0n) is 12.2. The molecule has 1 heterocycles. The summed E-state index contributed by atoms with van der Waals surface area (Å²) in [5.41, 5.74) is 0. The lowest BCUT2D eigenvalue weighted by Crippen LogP contribution is -2.43. The lowest BCUT2D eigenvalue weighted by molar-refractivity contribution is -0.152. The zero-order valence-corrected chi connectivity index (χ0v) is 12.2. The van der Waals surface area contributed by atoms with Crippen LogP contribution in [0, 0.1) is 17.8 Å². The van der Waals surface area contributed by atoms with Crippen molar-refractivity contribution in [2.45, 2.75) is 38.5 Å². The standard InChI is InChI=1S/C15H25NO4/c1-16(10-11-6-8-20-9-7-11)14(17)12-4-2-3-5-13(12)15(18)19/h11-13H,2-10H2,1H3,(H,18,19)/t12-,13+/m1/s1. The largest absolute Gasteiger partial charge is 0.481 e. The lowest BCUT2D eigenvalue weighted by atomic mass is 9.78. The molecule has 1 saturated heterocycles. The van der Waals surface area contributed by atoms with E-state index in [9.17, 15) is 14.7 Å². The topological polar surface area (TPSA) is 66.8 Å². The van der Waals surface area contributed by atoms with Gasteiger partial charge in [0.25, 0.3) is 0 Å². The summed E-state index contributed by atoms with van der Waals surface area (Å²) in [4.78, 5) is 25.6. The van der Waals surface area contributed by atoms with Crippen molar-refractivity contribution < 1.29 is 19.4 Å². The van der Waals surface area contributed by atoms with Crippen molar-refractivity contribution in [1.82, 2.24) is 4.90 Å². The number of aliphatic carboxylic acids is 1. The van der Waals surface area contributed by atoms with Gasteiger partial charge >= 0.3 is 5.97 Å². The van der Waals surface area contributed by atoms with Crippen molar-refractivity contribution in [2.24, 2.45) is 17.8 Å². The maximum Gasteiger partial charge on any atom is 0.307 e. The Morgan fingerprint density at radius 2 is 1.70 bits per heavy atom. The number of amides is 1. The van der Waals surface area contributed by atoms with Gasteiger partial charge in [-0.05, 0) is 31.6 Å². The first kappa shape index (κ1) is 15.3. The first-order valence-electron chi connectivity index (χ1n) is 7.65. The van der Waals surface area contributed by atoms with E-state index in [0.29, 0.717) is 18.8 Å². The van der Waals surface area contributed by atoms with Crippen molar-refractivity contribution in [3.8, 4) is 0 Å². The molecule has 0 aromatic rings. The maximum atomic E-state index is 12.5. The van der Waals surface area contributed by atoms with Crippen LogP contribution in [0.25, 0.3) is 0 Å². The molecule has 5 nitrogen and oxygen atoms in total. The van der Waals surface area contributed by atoms with E-state index in [1.807, 2.05) is 7.05 Å². The number of rotatable bonds is 4. The Balaban J connectivity index is 1.92. The molecule has 0 aromatic heterocycles. The molecule has 114 valence electrons. The molecule has 5 heteroatoms. The third-order valence-electron chi connectivity index (χ3n) is 4.65. The van der Waals surface area contributed by atoms with E-state index in [1.54, 1.807) is 4.90 Å². The molecule has 2 aliphatic rings. The molecular weight excluding hydrogens is 258 g/mol. The summed E-state index contributed by atoms with van der Waals surface area (Å²) < 4.78 is 5.33. The average molecular weight is 283 g/mol. The Bertz CT molecular complexity index is 352. The third-order valence-corrected chi connectivity index (χ3v) is 4.65. The fourth-order valence-corrected chi connectivity index (χ4v) is 3.41. The molecule has 0 bridgehead atoms. The van der Waals surface area contributed by atoms with Crippen LogP contribution >= 0.6 is 0 Å². The van der Waals surface area contributed by atoms with Crippen LogP contribution in [0.15, 0.2) is 0 Å². The van der Waals surface area contributed by atoms with E-state index in [0.717, 1.165) is 45.4 Å². The quantitative estimate of drug-likeness (QED) is 0.853. The smallest absolute Gasteiger partial charge is 0.307 e. The van der Waals surface area contributed by atoms with Gasteiger partial charge in [0.2, 0.25) is 5.91 Å². The SMILES string of the molecule is CN(CC1CCOCC1)C(=O)[C@@H]1CCCC[C@@H]1C(=O)O. The van der Waals surface area contributed by atoms with Crippen molar-refractivity contribution >= 4 is 11.9 Å². The fourth-order valence-electron chi connectivity index (χ4n) is 3.41. The minimum atomic E-state index is -0.817. The maximum absolute atomic E-state index is 12.5. The molecule has 0 spiro atoms. The Kier molecular flexibility index (Phi) is 5.40. The molecule has 2 fully saturated rings. The highest BCUT2D eigenvalue weighted by Crippen LogP contribution is 2.32. The number of ether oxygens (including phenoxy) is 1. The molecule has 1 saturated carbocycles. The van der Waals surface area contributed by atoms with Gasteiger partial charge in [-0.15, -0.1) is 0 Å². The van der Waals surface area contributed by atoms with Crippen LogP contribution in [0.4, 0.5) is 0 Å². The van der Waals surface area contributed by atoms with Gasteiger partial charge < -0.3 is 14.7 Å². The zero-order chi connectivity index (χ0) is 14.5. The average Bonchev–Trinajstić information content (AvgIpc) is 2.47. The summed E-state index contributed by atoms with van der Waals surface area (Å²) in [7, 11) is 1.81. The summed E-state index contributed by atoms with van der Waals surface area (Å²) in [6.07, 6.45) is 5.22. The van der Waals surface area contributed by atoms with Gasteiger partial charge in [-0.25, -0.2) is 0 Å². The van der Waals surface area contributed by atoms with E-state index in [1.165, 1.54) is 0 Å². The van der Waals surface area contributed by atoms with Gasteiger partial charge in [0.1, 0.15) is 0 Å². The first-order chi connectivity index (χ1) is 9.59. The van der Waals surface area contributed by atoms with Crippen molar-refractivity contribution in [3.05, 3.63) is 0 Å². The Morgan fingerprint density at radius 1 is 1.10 bits per heavy atom. The fraction of sp³-hybridized carbons (Fsp3) is 0.867. The number of carboxylic acid groups (broad SMARTS) is 1. The molecular formula is C15H25NO4. The van der Waals surface area contributed by atoms with Crippen molar-refractivity contribution in [1.29, 1.82) is 0 Å². The van der Waals surface area contributed by atoms with Crippen LogP contribution < -0.4 is 0 Å². The number of carbonyl (C=O) groups excluding carboxylic acids is 1. The molecule has 1 amide bonds. The normalized spacial score (nSPS) is 28.1. The Labute approximate surface area is 120 Å². The highest BCUT2D eigenvalue weighted by Gasteiger charge is 2.37. The van der Waals surface area contributed by atoms with Gasteiger partial charge in [0.05, 0.1) is 11.8 Å². The number of carbonyl (C=O) groups is 2. The Morgan fingerprint density at radius 3 is 2.30 bits per heavy atom. The van der Waals surface area contributed by atoms with Crippen LogP contribution in [-0.4, -0.2) is 48.7 Å². The summed E-state index contributed by atoms with van der Waals surface area (Å²) in [6, 6.07) is 0. The van der Waals surface area contributed by atoms with Gasteiger partial charge in [-0.3, -0.25) is 9.59 Å². The number of hydrogen-bond acceptors (Lipinski definition) is 3. The summed E-state index contributed by atoms with van der Waals surface area (Å²) >= 11 is 0. The van der Waals surface area contributed by atoms with E-state index >= 15 is 0 Å². The van der Waals surface area contributed by atoms with E-state index in [-0.39, 0.29) is 11.8 Å². The second-order valence-electron chi connectivity index (χ2n) is 6.11. The van der Waals surface area contributed by atoms with E-state index in [2.05, 4.69) is 0 Å². The molecule has 0 radical (unpaired) electrons. The predicted molar refractivity (Wildman–Crippen MR) is 74.3 cm³/mol. The second kappa shape index (κ2) is 7.07. The van der Waals surface area contributed by atoms with Gasteiger partial charge in [-0.2, -0.15) is 0 Å². The molecule has 1 aliphatic carbocycles. The van der Waals surface area contributed by atoms with Crippen LogP contribution in [0.2, 0.25) is 0 Å². The van der Waals surface area contributed by atoms with E-state index in [4.69, 9.17) is 4.74 Å². The molecule has 0 unspecified atom stereocenters. The third kappa shape index (κ3) is 3.72. The van der Waals surface area contributed by atoms with Gasteiger partial charge in [0.15, 0.2) is 0 Å². The minimum Gasteiger partial charge on any atom is -0.481 e. The summed E-state index contributed by atoms with van der Waals surface area (Å²) in [5, 5.41) is 9.27. The molecule has 2 rings (SSSR count). The minimum absolute atomic E-state index is 0.0172. The van der Waals surface area contributed by atoms with Crippen LogP contribution in [-0.2, 0) is 14.3 Å². The first-order valence-corrected chi connectivity index (χ1v) is 7.65. The van der Waals surface area contributed by atoms with Gasteiger partial charge in [-0.1, -0.05) is 12.8 Å². The number of carboxylic acids is 1. The van der Waals surface area contributed by atoms with Crippen LogP contribution in [0.5, 0.6) is 0 Å². The van der Waals surface area contributed by atoms with E-state index < -0.39 is 11.9 Å². The van der Waals surface area contributed by atoms with Crippen molar-refractivity contribution in [3.63, 3.8) is 0 Å². The number of nitrogens with zero attached hydrogens (tertiary/aromatic N) is 1. The molecule has 2 atom stereocenters. The highest BCUT2D eigenvalue weighted by atomic mass is 16.5. The van der Waals surface area contributed by atoms with Gasteiger partial charge in [0, 0.05) is 26.8 Å². The molecule has 0 aromatic carbocycles. The Hall–Kier alpha value is -1.10. The van der Waals surface area contributed by atoms with Crippen molar-refractivity contribution in [2.75, 3.05) is 26.8 Å². The molecule has 1 N–H and O–H groups in total. The summed E-state index contributed by atoms with van der Waals surface area (Å²) in [5.74, 6) is -1.13. The second-order valence-corrected chi connectivity index (χ2v) is 6.11. The van der Waals surface area contributed by atoms with Crippen LogP contribution in [0.1, 0.15) is 38.5 Å². The molecule has 1 aliphatic heterocycles.